The number of H-pyrrole nitrogens is 2. The van der Waals surface area contributed by atoms with Crippen LogP contribution in [-0.4, -0.2) is 72.0 Å². The molecule has 0 bridgehead atoms. The molecule has 2 aromatic heterocycles. The normalized spacial score (nSPS) is 15.6. The number of amides is 2. The van der Waals surface area contributed by atoms with Crippen LogP contribution < -0.4 is 0 Å². The van der Waals surface area contributed by atoms with Crippen LogP contribution in [0.2, 0.25) is 0 Å². The van der Waals surface area contributed by atoms with E-state index in [2.05, 4.69) is 15.0 Å². The van der Waals surface area contributed by atoms with Gasteiger partial charge in [0.25, 0.3) is 0 Å². The monoisotopic (exact) mass is 602 g/mol. The molecule has 0 saturated carbocycles. The van der Waals surface area contributed by atoms with Crippen molar-refractivity contribution in [2.75, 3.05) is 13.1 Å². The topological polar surface area (TPSA) is 134 Å². The highest BCUT2D eigenvalue weighted by Crippen LogP contribution is 2.33. The van der Waals surface area contributed by atoms with Crippen molar-refractivity contribution in [2.24, 2.45) is 0 Å². The molecule has 0 unspecified atom stereocenters. The predicted molar refractivity (Wildman–Crippen MR) is 167 cm³/mol. The molecule has 2 aromatic carbocycles. The van der Waals surface area contributed by atoms with Crippen molar-refractivity contribution >= 4 is 40.0 Å². The van der Waals surface area contributed by atoms with Gasteiger partial charge in [-0.2, -0.15) is 0 Å². The van der Waals surface area contributed by atoms with Gasteiger partial charge in [0.2, 0.25) is 0 Å². The summed E-state index contributed by atoms with van der Waals surface area (Å²) in [7, 11) is 0. The fourth-order valence-corrected chi connectivity index (χ4v) is 5.38. The number of nitrogens with one attached hydrogen (secondary N) is 2. The molecule has 234 valence electrons. The van der Waals surface area contributed by atoms with Crippen molar-refractivity contribution in [1.82, 2.24) is 29.7 Å². The Kier molecular flexibility index (Phi) is 8.42. The lowest BCUT2D eigenvalue weighted by Gasteiger charge is -2.27. The fourth-order valence-electron chi connectivity index (χ4n) is 5.38. The van der Waals surface area contributed by atoms with E-state index in [0.717, 1.165) is 30.3 Å². The van der Waals surface area contributed by atoms with Gasteiger partial charge >= 0.3 is 12.2 Å². The van der Waals surface area contributed by atoms with Crippen LogP contribution in [0.5, 0.6) is 0 Å². The maximum Gasteiger partial charge on any atom is 0.410 e. The second-order valence-corrected chi connectivity index (χ2v) is 13.3. The summed E-state index contributed by atoms with van der Waals surface area (Å²) in [6.45, 7) is 14.5. The minimum Gasteiger partial charge on any atom is -0.444 e. The Morgan fingerprint density at radius 3 is 2.14 bits per heavy atom. The number of carbonyl (C=O) groups excluding carboxylic acids is 3. The van der Waals surface area contributed by atoms with Crippen molar-refractivity contribution in [2.45, 2.75) is 91.5 Å². The molecule has 3 heterocycles. The number of fused-ring (bicyclic) bond motifs is 2. The van der Waals surface area contributed by atoms with Gasteiger partial charge in [-0.25, -0.2) is 19.6 Å². The third-order valence-electron chi connectivity index (χ3n) is 7.24. The van der Waals surface area contributed by atoms with Gasteiger partial charge in [0.1, 0.15) is 22.9 Å². The number of rotatable bonds is 7. The SMILES string of the molecule is CCCN(Cc1nc2ccc(C(=O)c3ccc4nc([C@@H]5CCCN5C(=O)OC(C)(C)C)[nH]c4c3)cc2[nH]1)C(=O)OC(C)(C)C. The van der Waals surface area contributed by atoms with Crippen LogP contribution in [0.25, 0.3) is 22.1 Å². The molecule has 4 aromatic rings. The first-order valence-electron chi connectivity index (χ1n) is 15.2. The summed E-state index contributed by atoms with van der Waals surface area (Å²) < 4.78 is 11.2. The van der Waals surface area contributed by atoms with Crippen LogP contribution >= 0.6 is 0 Å². The summed E-state index contributed by atoms with van der Waals surface area (Å²) >= 11 is 0. The standard InChI is InChI=1S/C33H42N6O5/c1-8-15-38(30(41)43-32(2,3)4)19-27-34-22-13-11-20(17-24(22)35-27)28(40)21-12-14-23-25(18-21)37-29(36-23)26-10-9-16-39(26)31(42)44-33(5,6)7/h11-14,17-18,26H,8-10,15-16,19H2,1-7H3,(H,34,35)(H,36,37)/t26-/m0/s1. The average Bonchev–Trinajstić information content (AvgIpc) is 3.67. The Balaban J connectivity index is 1.34. The number of hydrogen-bond donors (Lipinski definition) is 2. The molecule has 11 nitrogen and oxygen atoms in total. The maximum absolute atomic E-state index is 13.6. The van der Waals surface area contributed by atoms with Crippen LogP contribution in [0.1, 0.15) is 101 Å². The third kappa shape index (κ3) is 7.03. The summed E-state index contributed by atoms with van der Waals surface area (Å²) in [5, 5.41) is 0. The minimum atomic E-state index is -0.593. The largest absolute Gasteiger partial charge is 0.444 e. The molecule has 1 saturated heterocycles. The molecule has 11 heteroatoms. The van der Waals surface area contributed by atoms with Crippen LogP contribution in [0.3, 0.4) is 0 Å². The fraction of sp³-hybridized carbons (Fsp3) is 0.485. The van der Waals surface area contributed by atoms with Crippen LogP contribution in [0.15, 0.2) is 36.4 Å². The van der Waals surface area contributed by atoms with Crippen molar-refractivity contribution in [1.29, 1.82) is 0 Å². The molecule has 1 aliphatic heterocycles. The van der Waals surface area contributed by atoms with Crippen molar-refractivity contribution in [3.05, 3.63) is 59.2 Å². The van der Waals surface area contributed by atoms with E-state index in [1.54, 1.807) is 40.1 Å². The van der Waals surface area contributed by atoms with E-state index >= 15 is 0 Å². The zero-order chi connectivity index (χ0) is 31.8. The highest BCUT2D eigenvalue weighted by molar-refractivity contribution is 6.11. The van der Waals surface area contributed by atoms with Crippen molar-refractivity contribution in [3.8, 4) is 0 Å². The third-order valence-corrected chi connectivity index (χ3v) is 7.24. The van der Waals surface area contributed by atoms with E-state index in [9.17, 15) is 14.4 Å². The van der Waals surface area contributed by atoms with E-state index in [4.69, 9.17) is 14.5 Å². The first-order valence-corrected chi connectivity index (χ1v) is 15.2. The molecule has 1 atom stereocenters. The van der Waals surface area contributed by atoms with Gasteiger partial charge in [-0.1, -0.05) is 6.92 Å². The number of carbonyl (C=O) groups is 3. The van der Waals surface area contributed by atoms with Crippen molar-refractivity contribution < 1.29 is 23.9 Å². The molecule has 0 spiro atoms. The lowest BCUT2D eigenvalue weighted by atomic mass is 10.0. The molecule has 1 aliphatic rings. The van der Waals surface area contributed by atoms with Gasteiger partial charge in [-0.05, 0) is 97.2 Å². The summed E-state index contributed by atoms with van der Waals surface area (Å²) in [4.78, 5) is 58.4. The number of benzene rings is 2. The molecular weight excluding hydrogens is 560 g/mol. The number of aromatic nitrogens is 4. The number of nitrogens with zero attached hydrogens (tertiary/aromatic N) is 4. The van der Waals surface area contributed by atoms with E-state index in [1.807, 2.05) is 54.5 Å². The van der Waals surface area contributed by atoms with Gasteiger partial charge < -0.3 is 24.3 Å². The average molecular weight is 603 g/mol. The zero-order valence-electron chi connectivity index (χ0n) is 26.6. The maximum atomic E-state index is 13.6. The van der Waals surface area contributed by atoms with Gasteiger partial charge in [0.05, 0.1) is 34.7 Å². The van der Waals surface area contributed by atoms with E-state index in [-0.39, 0.29) is 24.5 Å². The first kappa shape index (κ1) is 31.0. The predicted octanol–water partition coefficient (Wildman–Crippen LogP) is 6.89. The number of likely N-dealkylation sites (tertiary alicyclic amines) is 1. The molecule has 0 radical (unpaired) electrons. The molecule has 0 aliphatic carbocycles. The Morgan fingerprint density at radius 1 is 0.909 bits per heavy atom. The molecule has 5 rings (SSSR count). The summed E-state index contributed by atoms with van der Waals surface area (Å²) in [5.41, 5.74) is 2.72. The smallest absolute Gasteiger partial charge is 0.410 e. The lowest BCUT2D eigenvalue weighted by Crippen LogP contribution is -2.37. The lowest BCUT2D eigenvalue weighted by molar-refractivity contribution is 0.0213. The van der Waals surface area contributed by atoms with E-state index in [0.29, 0.717) is 46.9 Å². The molecule has 2 amide bonds. The van der Waals surface area contributed by atoms with Gasteiger partial charge in [0.15, 0.2) is 5.78 Å². The van der Waals surface area contributed by atoms with Crippen LogP contribution in [0.4, 0.5) is 9.59 Å². The van der Waals surface area contributed by atoms with Crippen molar-refractivity contribution in [3.63, 3.8) is 0 Å². The zero-order valence-corrected chi connectivity index (χ0v) is 26.6. The molecule has 44 heavy (non-hydrogen) atoms. The minimum absolute atomic E-state index is 0.140. The summed E-state index contributed by atoms with van der Waals surface area (Å²) in [6, 6.07) is 10.5. The second kappa shape index (κ2) is 11.9. The van der Waals surface area contributed by atoms with Gasteiger partial charge in [0, 0.05) is 24.2 Å². The summed E-state index contributed by atoms with van der Waals surface area (Å²) in [6.07, 6.45) is 1.68. The number of ether oxygens (including phenoxy) is 2. The highest BCUT2D eigenvalue weighted by atomic mass is 16.6. The first-order chi connectivity index (χ1) is 20.7. The number of imidazole rings is 2. The van der Waals surface area contributed by atoms with Crippen LogP contribution in [0, 0.1) is 0 Å². The Bertz CT molecular complexity index is 1690. The Morgan fingerprint density at radius 2 is 1.52 bits per heavy atom. The highest BCUT2D eigenvalue weighted by Gasteiger charge is 2.35. The Hall–Kier alpha value is -4.41. The number of ketones is 1. The number of hydrogen-bond acceptors (Lipinski definition) is 7. The van der Waals surface area contributed by atoms with Crippen LogP contribution in [-0.2, 0) is 16.0 Å². The Labute approximate surface area is 257 Å². The molecular formula is C33H42N6O5. The molecule has 1 fully saturated rings. The summed E-state index contributed by atoms with van der Waals surface area (Å²) in [5.74, 6) is 1.16. The number of aromatic amines is 2. The van der Waals surface area contributed by atoms with E-state index < -0.39 is 17.3 Å². The second-order valence-electron chi connectivity index (χ2n) is 13.3. The quantitative estimate of drug-likeness (QED) is 0.220. The van der Waals surface area contributed by atoms with E-state index in [1.165, 1.54) is 0 Å². The molecule has 2 N–H and O–H groups in total. The van der Waals surface area contributed by atoms with Gasteiger partial charge in [-0.15, -0.1) is 0 Å². The van der Waals surface area contributed by atoms with Gasteiger partial charge in [-0.3, -0.25) is 9.69 Å².